The molecule has 0 spiro atoms. The highest BCUT2D eigenvalue weighted by molar-refractivity contribution is 8.00. The van der Waals surface area contributed by atoms with Gasteiger partial charge in [-0.2, -0.15) is 0 Å². The maximum atomic E-state index is 12.6. The van der Waals surface area contributed by atoms with Crippen LogP contribution in [0.15, 0.2) is 23.4 Å². The Morgan fingerprint density at radius 3 is 2.54 bits per heavy atom. The van der Waals surface area contributed by atoms with Crippen molar-refractivity contribution in [3.05, 3.63) is 28.2 Å². The van der Waals surface area contributed by atoms with E-state index >= 15 is 0 Å². The van der Waals surface area contributed by atoms with Crippen LogP contribution >= 0.6 is 35.0 Å². The molecule has 2 aliphatic rings. The quantitative estimate of drug-likeness (QED) is 0.685. The van der Waals surface area contributed by atoms with Gasteiger partial charge in [-0.25, -0.2) is 0 Å². The van der Waals surface area contributed by atoms with Crippen LogP contribution in [-0.4, -0.2) is 52.2 Å². The van der Waals surface area contributed by atoms with Crippen LogP contribution in [0.3, 0.4) is 0 Å². The van der Waals surface area contributed by atoms with Crippen LogP contribution in [0.4, 0.5) is 11.6 Å². The summed E-state index contributed by atoms with van der Waals surface area (Å²) in [6.07, 6.45) is 2.23. The molecule has 1 aromatic heterocycles. The number of hydrogen-bond donors (Lipinski definition) is 1. The molecular formula is C18H21Cl2N5O2S. The van der Waals surface area contributed by atoms with Gasteiger partial charge in [0.2, 0.25) is 11.9 Å². The largest absolute Gasteiger partial charge is 0.378 e. The molecule has 2 aromatic rings. The number of hydrogen-bond acceptors (Lipinski definition) is 6. The molecule has 1 saturated heterocycles. The molecule has 1 aliphatic heterocycles. The van der Waals surface area contributed by atoms with Crippen LogP contribution in [0, 0.1) is 0 Å². The van der Waals surface area contributed by atoms with Gasteiger partial charge in [-0.05, 0) is 38.0 Å². The molecule has 28 heavy (non-hydrogen) atoms. The monoisotopic (exact) mass is 441 g/mol. The third kappa shape index (κ3) is 4.56. The first-order chi connectivity index (χ1) is 13.5. The first-order valence-corrected chi connectivity index (χ1v) is 10.9. The zero-order valence-electron chi connectivity index (χ0n) is 15.4. The molecule has 2 heterocycles. The lowest BCUT2D eigenvalue weighted by molar-refractivity contribution is -0.115. The van der Waals surface area contributed by atoms with E-state index in [1.165, 1.54) is 11.8 Å². The molecule has 10 heteroatoms. The fourth-order valence-electron chi connectivity index (χ4n) is 3.06. The highest BCUT2D eigenvalue weighted by Gasteiger charge is 2.33. The van der Waals surface area contributed by atoms with Gasteiger partial charge >= 0.3 is 0 Å². The maximum absolute atomic E-state index is 12.6. The highest BCUT2D eigenvalue weighted by atomic mass is 35.5. The van der Waals surface area contributed by atoms with E-state index in [4.69, 9.17) is 27.9 Å². The van der Waals surface area contributed by atoms with E-state index in [0.29, 0.717) is 35.0 Å². The molecule has 1 atom stereocenters. The Labute approximate surface area is 177 Å². The van der Waals surface area contributed by atoms with E-state index in [-0.39, 0.29) is 11.2 Å². The molecule has 1 amide bonds. The predicted octanol–water partition coefficient (Wildman–Crippen LogP) is 3.88. The number of aromatic nitrogens is 3. The fourth-order valence-corrected chi connectivity index (χ4v) is 4.50. The fraction of sp³-hybridized carbons (Fsp3) is 0.500. The first-order valence-electron chi connectivity index (χ1n) is 9.22. The molecular weight excluding hydrogens is 421 g/mol. The molecule has 4 rings (SSSR count). The number of ether oxygens (including phenoxy) is 1. The third-order valence-corrected chi connectivity index (χ3v) is 6.13. The summed E-state index contributed by atoms with van der Waals surface area (Å²) in [5, 5.41) is 13.0. The Morgan fingerprint density at radius 2 is 1.89 bits per heavy atom. The Hall–Kier alpha value is -1.48. The molecule has 0 radical (unpaired) electrons. The Balaban J connectivity index is 1.47. The zero-order valence-corrected chi connectivity index (χ0v) is 17.7. The van der Waals surface area contributed by atoms with Crippen molar-refractivity contribution in [3.8, 4) is 0 Å². The number of morpholine rings is 1. The Morgan fingerprint density at radius 1 is 1.21 bits per heavy atom. The first kappa shape index (κ1) is 19.8. The number of anilines is 2. The molecule has 1 N–H and O–H groups in total. The average Bonchev–Trinajstić information content (AvgIpc) is 3.41. The van der Waals surface area contributed by atoms with Gasteiger partial charge in [0.1, 0.15) is 0 Å². The second-order valence-electron chi connectivity index (χ2n) is 6.89. The number of carbonyl (C=O) groups excluding carboxylic acids is 1. The molecule has 2 fully saturated rings. The number of rotatable bonds is 6. The summed E-state index contributed by atoms with van der Waals surface area (Å²) in [7, 11) is 0. The SMILES string of the molecule is CC(Sc1nnc(N2CCOCC2)n1C1CC1)C(=O)Nc1cc(Cl)cc(Cl)c1. The van der Waals surface area contributed by atoms with Crippen molar-refractivity contribution in [1.82, 2.24) is 14.8 Å². The van der Waals surface area contributed by atoms with E-state index in [2.05, 4.69) is 25.0 Å². The normalized spacial score (nSPS) is 18.2. The molecule has 1 saturated carbocycles. The van der Waals surface area contributed by atoms with Crippen molar-refractivity contribution in [3.63, 3.8) is 0 Å². The van der Waals surface area contributed by atoms with Crippen molar-refractivity contribution in [2.75, 3.05) is 36.5 Å². The van der Waals surface area contributed by atoms with Gasteiger partial charge in [0.25, 0.3) is 0 Å². The summed E-state index contributed by atoms with van der Waals surface area (Å²) in [6.45, 7) is 4.86. The van der Waals surface area contributed by atoms with Crippen LogP contribution in [0.5, 0.6) is 0 Å². The van der Waals surface area contributed by atoms with Crippen LogP contribution in [0.2, 0.25) is 10.0 Å². The number of carbonyl (C=O) groups is 1. The number of benzene rings is 1. The predicted molar refractivity (Wildman–Crippen MR) is 112 cm³/mol. The number of nitrogens with one attached hydrogen (secondary N) is 1. The molecule has 0 bridgehead atoms. The smallest absolute Gasteiger partial charge is 0.237 e. The van der Waals surface area contributed by atoms with E-state index in [9.17, 15) is 4.79 Å². The number of nitrogens with zero attached hydrogens (tertiary/aromatic N) is 4. The van der Waals surface area contributed by atoms with Crippen molar-refractivity contribution in [2.24, 2.45) is 0 Å². The minimum Gasteiger partial charge on any atom is -0.378 e. The van der Waals surface area contributed by atoms with Gasteiger partial charge in [-0.15, -0.1) is 10.2 Å². The lowest BCUT2D eigenvalue weighted by Crippen LogP contribution is -2.38. The second-order valence-corrected chi connectivity index (χ2v) is 9.07. The summed E-state index contributed by atoms with van der Waals surface area (Å²) >= 11 is 13.4. The van der Waals surface area contributed by atoms with Crippen molar-refractivity contribution in [2.45, 2.75) is 36.2 Å². The van der Waals surface area contributed by atoms with Crippen LogP contribution < -0.4 is 10.2 Å². The molecule has 7 nitrogen and oxygen atoms in total. The Bertz CT molecular complexity index is 847. The van der Waals surface area contributed by atoms with Gasteiger partial charge in [0.05, 0.1) is 18.5 Å². The third-order valence-electron chi connectivity index (χ3n) is 4.63. The van der Waals surface area contributed by atoms with Crippen LogP contribution in [0.1, 0.15) is 25.8 Å². The average molecular weight is 442 g/mol. The van der Waals surface area contributed by atoms with E-state index in [1.54, 1.807) is 18.2 Å². The van der Waals surface area contributed by atoms with Gasteiger partial charge in [0, 0.05) is 34.9 Å². The van der Waals surface area contributed by atoms with Crippen molar-refractivity contribution in [1.29, 1.82) is 0 Å². The van der Waals surface area contributed by atoms with Crippen LogP contribution in [0.25, 0.3) is 0 Å². The molecule has 150 valence electrons. The summed E-state index contributed by atoms with van der Waals surface area (Å²) in [4.78, 5) is 14.8. The van der Waals surface area contributed by atoms with E-state index in [0.717, 1.165) is 37.0 Å². The highest BCUT2D eigenvalue weighted by Crippen LogP contribution is 2.41. The minimum absolute atomic E-state index is 0.137. The van der Waals surface area contributed by atoms with Crippen molar-refractivity contribution >= 4 is 52.5 Å². The zero-order chi connectivity index (χ0) is 19.7. The van der Waals surface area contributed by atoms with Gasteiger partial charge in [-0.1, -0.05) is 35.0 Å². The number of thioether (sulfide) groups is 1. The van der Waals surface area contributed by atoms with Crippen LogP contribution in [-0.2, 0) is 9.53 Å². The van der Waals surface area contributed by atoms with Gasteiger partial charge < -0.3 is 15.0 Å². The number of amides is 1. The standard InChI is InChI=1S/C18H21Cl2N5O2S/c1-11(16(26)21-14-9-12(19)8-13(20)10-14)28-18-23-22-17(25(18)15-2-3-15)24-4-6-27-7-5-24/h8-11,15H,2-7H2,1H3,(H,21,26). The van der Waals surface area contributed by atoms with E-state index in [1.807, 2.05) is 6.92 Å². The van der Waals surface area contributed by atoms with Gasteiger partial charge in [-0.3, -0.25) is 9.36 Å². The summed E-state index contributed by atoms with van der Waals surface area (Å²) in [6, 6.07) is 5.39. The molecule has 1 aromatic carbocycles. The molecule has 1 unspecified atom stereocenters. The topological polar surface area (TPSA) is 72.3 Å². The summed E-state index contributed by atoms with van der Waals surface area (Å²) in [5.74, 6) is 0.740. The summed E-state index contributed by atoms with van der Waals surface area (Å²) < 4.78 is 7.61. The summed E-state index contributed by atoms with van der Waals surface area (Å²) in [5.41, 5.74) is 0.576. The van der Waals surface area contributed by atoms with Gasteiger partial charge in [0.15, 0.2) is 5.16 Å². The second kappa shape index (κ2) is 8.49. The maximum Gasteiger partial charge on any atom is 0.237 e. The lowest BCUT2D eigenvalue weighted by Gasteiger charge is -2.28. The van der Waals surface area contributed by atoms with Crippen molar-refractivity contribution < 1.29 is 9.53 Å². The minimum atomic E-state index is -0.350. The van der Waals surface area contributed by atoms with E-state index < -0.39 is 0 Å². The lowest BCUT2D eigenvalue weighted by atomic mass is 10.3. The number of halogens is 2. The molecule has 1 aliphatic carbocycles. The Kier molecular flexibility index (Phi) is 6.01.